The number of piperazine rings is 1. The molecule has 1 aliphatic heterocycles. The normalized spacial score (nSPS) is 15.4. The fourth-order valence-corrected chi connectivity index (χ4v) is 3.68. The summed E-state index contributed by atoms with van der Waals surface area (Å²) in [4.78, 5) is 30.0. The van der Waals surface area contributed by atoms with Crippen molar-refractivity contribution in [2.24, 2.45) is 4.99 Å². The van der Waals surface area contributed by atoms with E-state index in [0.29, 0.717) is 12.2 Å². The van der Waals surface area contributed by atoms with E-state index in [-0.39, 0.29) is 11.0 Å². The Labute approximate surface area is 162 Å². The number of hydrogen-bond donors (Lipinski definition) is 3. The van der Waals surface area contributed by atoms with E-state index in [9.17, 15) is 14.9 Å². The Bertz CT molecular complexity index is 672. The van der Waals surface area contributed by atoms with E-state index in [2.05, 4.69) is 30.6 Å². The molecule has 3 N–H and O–H groups in total. The Kier molecular flexibility index (Phi) is 8.43. The highest BCUT2D eigenvalue weighted by molar-refractivity contribution is 7.16. The van der Waals surface area contributed by atoms with Gasteiger partial charge < -0.3 is 15.4 Å². The van der Waals surface area contributed by atoms with E-state index >= 15 is 0 Å². The average Bonchev–Trinajstić information content (AvgIpc) is 3.05. The van der Waals surface area contributed by atoms with Crippen LogP contribution in [-0.2, 0) is 11.2 Å². The van der Waals surface area contributed by atoms with Gasteiger partial charge in [-0.05, 0) is 12.5 Å². The Morgan fingerprint density at radius 3 is 2.85 bits per heavy atom. The molecule has 0 bridgehead atoms. The summed E-state index contributed by atoms with van der Waals surface area (Å²) in [6.45, 7) is 6.97. The number of methoxy groups -OCH3 is 1. The number of anilines is 1. The van der Waals surface area contributed by atoms with Gasteiger partial charge in [-0.2, -0.15) is 0 Å². The second kappa shape index (κ2) is 10.8. The summed E-state index contributed by atoms with van der Waals surface area (Å²) >= 11 is 1.13. The van der Waals surface area contributed by atoms with Gasteiger partial charge in [0, 0.05) is 37.6 Å². The molecule has 1 aromatic rings. The zero-order valence-electron chi connectivity index (χ0n) is 15.6. The monoisotopic (exact) mass is 398 g/mol. The lowest BCUT2D eigenvalue weighted by Gasteiger charge is -2.26. The number of aliphatic imine (C=N–C) groups is 1. The van der Waals surface area contributed by atoms with E-state index in [1.54, 1.807) is 6.07 Å². The minimum atomic E-state index is -0.685. The number of nitrogens with zero attached hydrogens (tertiary/aromatic N) is 3. The fraction of sp³-hybridized carbons (Fsp3) is 0.625. The average molecular weight is 398 g/mol. The third kappa shape index (κ3) is 6.77. The molecule has 2 heterocycles. The molecule has 11 heteroatoms. The number of nitro groups is 1. The van der Waals surface area contributed by atoms with Crippen LogP contribution in [0.5, 0.6) is 0 Å². The maximum Gasteiger partial charge on any atom is 0.413 e. The number of carbonyl (C=O) groups is 1. The topological polar surface area (TPSA) is 121 Å². The quantitative estimate of drug-likeness (QED) is 0.276. The van der Waals surface area contributed by atoms with Gasteiger partial charge >= 0.3 is 11.1 Å². The van der Waals surface area contributed by atoms with Crippen LogP contribution in [0.15, 0.2) is 11.1 Å². The molecule has 1 amide bonds. The number of aryl methyl sites for hydroxylation is 1. The van der Waals surface area contributed by atoms with Crippen molar-refractivity contribution in [2.45, 2.75) is 19.8 Å². The van der Waals surface area contributed by atoms with Gasteiger partial charge in [-0.3, -0.25) is 25.3 Å². The predicted molar refractivity (Wildman–Crippen MR) is 106 cm³/mol. The molecule has 0 atom stereocenters. The first-order valence-corrected chi connectivity index (χ1v) is 9.71. The van der Waals surface area contributed by atoms with Gasteiger partial charge in [0.15, 0.2) is 0 Å². The van der Waals surface area contributed by atoms with Crippen molar-refractivity contribution < 1.29 is 14.5 Å². The molecule has 0 aliphatic carbocycles. The SMILES string of the molecule is CCCc1cc(NC(=NCCN2CCNCC2)NC(=O)OC)c([N+](=O)[O-])s1. The number of carbonyl (C=O) groups excluding carboxylic acids is 1. The van der Waals surface area contributed by atoms with Crippen LogP contribution in [0.2, 0.25) is 0 Å². The minimum Gasteiger partial charge on any atom is -0.453 e. The molecule has 0 saturated carbocycles. The summed E-state index contributed by atoms with van der Waals surface area (Å²) < 4.78 is 4.62. The summed E-state index contributed by atoms with van der Waals surface area (Å²) in [6, 6.07) is 1.73. The summed E-state index contributed by atoms with van der Waals surface area (Å²) in [5.41, 5.74) is 0.325. The molecule has 150 valence electrons. The number of thiophene rings is 1. The van der Waals surface area contributed by atoms with Crippen molar-refractivity contribution in [2.75, 3.05) is 51.7 Å². The Balaban J connectivity index is 2.09. The highest BCUT2D eigenvalue weighted by atomic mass is 32.1. The molecule has 2 rings (SSSR count). The largest absolute Gasteiger partial charge is 0.453 e. The van der Waals surface area contributed by atoms with Crippen LogP contribution in [-0.4, -0.2) is 68.3 Å². The molecule has 10 nitrogen and oxygen atoms in total. The standard InChI is InChI=1S/C16H26N6O4S/c1-3-4-12-11-13(14(27-12)22(24)25)19-15(20-16(23)26-2)18-7-10-21-8-5-17-6-9-21/h11,17H,3-10H2,1-2H3,(H2,18,19,20,23). The molecule has 0 unspecified atom stereocenters. The second-order valence-electron chi connectivity index (χ2n) is 6.00. The molecule has 1 saturated heterocycles. The first-order chi connectivity index (χ1) is 13.0. The van der Waals surface area contributed by atoms with Gasteiger partial charge in [0.05, 0.1) is 18.6 Å². The maximum atomic E-state index is 11.6. The zero-order valence-corrected chi connectivity index (χ0v) is 16.4. The van der Waals surface area contributed by atoms with Crippen LogP contribution in [0.25, 0.3) is 0 Å². The summed E-state index contributed by atoms with van der Waals surface area (Å²) in [5, 5.41) is 20.0. The minimum absolute atomic E-state index is 0.0000734. The number of ether oxygens (including phenoxy) is 1. The summed E-state index contributed by atoms with van der Waals surface area (Å²) in [5.74, 6) is 0.140. The molecule has 0 radical (unpaired) electrons. The lowest BCUT2D eigenvalue weighted by molar-refractivity contribution is -0.379. The van der Waals surface area contributed by atoms with Crippen molar-refractivity contribution >= 4 is 34.1 Å². The van der Waals surface area contributed by atoms with Crippen molar-refractivity contribution in [3.05, 3.63) is 21.1 Å². The van der Waals surface area contributed by atoms with Gasteiger partial charge in [0.1, 0.15) is 5.69 Å². The lowest BCUT2D eigenvalue weighted by Crippen LogP contribution is -2.44. The smallest absolute Gasteiger partial charge is 0.413 e. The summed E-state index contributed by atoms with van der Waals surface area (Å²) in [7, 11) is 1.25. The first-order valence-electron chi connectivity index (χ1n) is 8.90. The van der Waals surface area contributed by atoms with E-state index in [0.717, 1.165) is 61.8 Å². The van der Waals surface area contributed by atoms with Crippen molar-refractivity contribution in [1.29, 1.82) is 0 Å². The van der Waals surface area contributed by atoms with Gasteiger partial charge in [0.25, 0.3) is 0 Å². The molecule has 1 fully saturated rings. The van der Waals surface area contributed by atoms with Crippen molar-refractivity contribution in [3.63, 3.8) is 0 Å². The Morgan fingerprint density at radius 2 is 2.22 bits per heavy atom. The molecular formula is C16H26N6O4S. The van der Waals surface area contributed by atoms with E-state index in [4.69, 9.17) is 0 Å². The van der Waals surface area contributed by atoms with E-state index in [1.165, 1.54) is 7.11 Å². The number of amides is 1. The van der Waals surface area contributed by atoms with Crippen LogP contribution in [0.4, 0.5) is 15.5 Å². The molecule has 1 aliphatic rings. The lowest BCUT2D eigenvalue weighted by atomic mass is 10.3. The van der Waals surface area contributed by atoms with Crippen LogP contribution in [0, 0.1) is 10.1 Å². The maximum absolute atomic E-state index is 11.6. The highest BCUT2D eigenvalue weighted by Crippen LogP contribution is 2.35. The number of alkyl carbamates (subject to hydrolysis) is 1. The number of rotatable bonds is 7. The first kappa shape index (κ1) is 21.1. The molecule has 0 aromatic carbocycles. The molecule has 27 heavy (non-hydrogen) atoms. The molecular weight excluding hydrogens is 372 g/mol. The Hall–Kier alpha value is -2.24. The Morgan fingerprint density at radius 1 is 1.48 bits per heavy atom. The van der Waals surface area contributed by atoms with Crippen molar-refractivity contribution in [1.82, 2.24) is 15.5 Å². The number of guanidine groups is 1. The number of hydrogen-bond acceptors (Lipinski definition) is 8. The van der Waals surface area contributed by atoms with Crippen LogP contribution < -0.4 is 16.0 Å². The third-order valence-electron chi connectivity index (χ3n) is 3.98. The summed E-state index contributed by atoms with van der Waals surface area (Å²) in [6.07, 6.45) is 0.964. The van der Waals surface area contributed by atoms with E-state index in [1.807, 2.05) is 6.92 Å². The number of nitrogens with one attached hydrogen (secondary N) is 3. The van der Waals surface area contributed by atoms with Gasteiger partial charge in [0.2, 0.25) is 5.96 Å². The van der Waals surface area contributed by atoms with Crippen molar-refractivity contribution in [3.8, 4) is 0 Å². The van der Waals surface area contributed by atoms with Crippen LogP contribution in [0.3, 0.4) is 0 Å². The highest BCUT2D eigenvalue weighted by Gasteiger charge is 2.21. The second-order valence-corrected chi connectivity index (χ2v) is 7.12. The van der Waals surface area contributed by atoms with Gasteiger partial charge in [-0.25, -0.2) is 4.79 Å². The van der Waals surface area contributed by atoms with Crippen LogP contribution >= 0.6 is 11.3 Å². The van der Waals surface area contributed by atoms with Gasteiger partial charge in [-0.1, -0.05) is 24.7 Å². The molecule has 1 aromatic heterocycles. The third-order valence-corrected chi connectivity index (χ3v) is 5.13. The predicted octanol–water partition coefficient (Wildman–Crippen LogP) is 1.64. The molecule has 0 spiro atoms. The fourth-order valence-electron chi connectivity index (χ4n) is 2.65. The van der Waals surface area contributed by atoms with Crippen LogP contribution in [0.1, 0.15) is 18.2 Å². The van der Waals surface area contributed by atoms with Gasteiger partial charge in [-0.15, -0.1) is 0 Å². The van der Waals surface area contributed by atoms with E-state index < -0.39 is 11.0 Å². The zero-order chi connectivity index (χ0) is 19.6.